The van der Waals surface area contributed by atoms with E-state index < -0.39 is 0 Å². The quantitative estimate of drug-likeness (QED) is 0.521. The van der Waals surface area contributed by atoms with Gasteiger partial charge in [-0.25, -0.2) is 4.68 Å². The fraction of sp³-hybridized carbons (Fsp3) is 0.333. The van der Waals surface area contributed by atoms with E-state index in [1.54, 1.807) is 4.68 Å². The number of nitrogens with zero attached hydrogens (tertiary/aromatic N) is 2. The molecule has 0 fully saturated rings. The topological polar surface area (TPSA) is 17.8 Å². The molecule has 2 nitrogen and oxygen atoms in total. The van der Waals surface area contributed by atoms with Crippen molar-refractivity contribution >= 4 is 46.1 Å². The second kappa shape index (κ2) is 2.40. The van der Waals surface area contributed by atoms with E-state index in [0.717, 1.165) is 6.97 Å². The van der Waals surface area contributed by atoms with Gasteiger partial charge in [-0.2, -0.15) is 5.10 Å². The highest BCUT2D eigenvalue weighted by Crippen LogP contribution is 2.08. The number of aryl methyl sites for hydroxylation is 1. The zero-order chi connectivity index (χ0) is 6.15. The lowest BCUT2D eigenvalue weighted by atomic mass is 11.3. The molecule has 0 unspecified atom stereocenters. The molecule has 0 aromatic carbocycles. The van der Waals surface area contributed by atoms with E-state index in [1.807, 2.05) is 7.05 Å². The third kappa shape index (κ3) is 1.26. The largest absolute Gasteiger partial charge is 0.247 e. The monoisotopic (exact) mass is 258 g/mol. The van der Waals surface area contributed by atoms with Crippen molar-refractivity contribution in [1.29, 1.82) is 0 Å². The van der Waals surface area contributed by atoms with Crippen LogP contribution in [-0.2, 0) is 7.05 Å². The van der Waals surface area contributed by atoms with E-state index in [0.29, 0.717) is 0 Å². The maximum Gasteiger partial charge on any atom is 0.179 e. The zero-order valence-corrected chi connectivity index (χ0v) is 7.88. The Morgan fingerprint density at radius 2 is 2.50 bits per heavy atom. The molecule has 0 saturated carbocycles. The van der Waals surface area contributed by atoms with Crippen LogP contribution in [0.3, 0.4) is 0 Å². The smallest absolute Gasteiger partial charge is 0.179 e. The molecule has 0 amide bonds. The van der Waals surface area contributed by atoms with Crippen LogP contribution in [0.5, 0.6) is 0 Å². The van der Waals surface area contributed by atoms with E-state index in [1.165, 1.54) is 11.3 Å². The Balaban J connectivity index is 3.35. The molecule has 1 aromatic rings. The molecule has 0 spiro atoms. The molecule has 1 aromatic heterocycles. The summed E-state index contributed by atoms with van der Waals surface area (Å²) in [6.45, 7) is 0. The van der Waals surface area contributed by atoms with Crippen LogP contribution < -0.4 is 0 Å². The van der Waals surface area contributed by atoms with E-state index in [4.69, 9.17) is 12.2 Å². The summed E-state index contributed by atoms with van der Waals surface area (Å²) in [5.74, 6) is 0. The molecule has 44 valence electrons. The molecule has 0 N–H and O–H groups in total. The molecule has 1 heterocycles. The van der Waals surface area contributed by atoms with Gasteiger partial charge in [-0.1, -0.05) is 11.3 Å². The zero-order valence-electron chi connectivity index (χ0n) is 4.09. The maximum atomic E-state index is 4.89. The molecule has 0 bridgehead atoms. The lowest BCUT2D eigenvalue weighted by Gasteiger charge is -1.78. The predicted molar refractivity (Wildman–Crippen MR) is 44.6 cm³/mol. The van der Waals surface area contributed by atoms with Crippen LogP contribution in [0.1, 0.15) is 0 Å². The Labute approximate surface area is 69.7 Å². The van der Waals surface area contributed by atoms with Crippen LogP contribution in [0, 0.1) is 6.97 Å². The van der Waals surface area contributed by atoms with E-state index in [9.17, 15) is 0 Å². The second-order valence-corrected chi connectivity index (χ2v) is 4.62. The Kier molecular flexibility index (Phi) is 1.99. The minimum Gasteiger partial charge on any atom is -0.247 e. The summed E-state index contributed by atoms with van der Waals surface area (Å²) < 4.78 is 3.52. The highest BCUT2D eigenvalue weighted by molar-refractivity contribution is 14.1. The molecule has 1 rings (SSSR count). The van der Waals surface area contributed by atoms with Gasteiger partial charge < -0.3 is 0 Å². The Bertz CT molecular complexity index is 238. The van der Waals surface area contributed by atoms with E-state index in [-0.39, 0.29) is 0 Å². The van der Waals surface area contributed by atoms with Crippen molar-refractivity contribution in [3.63, 3.8) is 0 Å². The van der Waals surface area contributed by atoms with Crippen LogP contribution in [0.2, 0.25) is 0 Å². The van der Waals surface area contributed by atoms with Crippen molar-refractivity contribution in [2.45, 2.75) is 0 Å². The van der Waals surface area contributed by atoms with Gasteiger partial charge in [0.05, 0.1) is 0 Å². The van der Waals surface area contributed by atoms with Crippen LogP contribution in [-0.4, -0.2) is 9.78 Å². The number of rotatable bonds is 0. The highest BCUT2D eigenvalue weighted by atomic mass is 127. The average Bonchev–Trinajstić information content (AvgIpc) is 1.85. The summed E-state index contributed by atoms with van der Waals surface area (Å²) in [5, 5.41) is 4.03. The summed E-state index contributed by atoms with van der Waals surface area (Å²) in [6, 6.07) is 0. The summed E-state index contributed by atoms with van der Waals surface area (Å²) in [4.78, 5) is 0. The number of halogens is 1. The summed E-state index contributed by atoms with van der Waals surface area (Å²) in [5.41, 5.74) is 0. The first-order valence-corrected chi connectivity index (χ1v) is 4.20. The van der Waals surface area contributed by atoms with Gasteiger partial charge in [-0.3, -0.25) is 0 Å². The Hall–Kier alpha value is 0.510. The average molecular weight is 258 g/mol. The third-order valence-corrected chi connectivity index (χ3v) is 2.74. The van der Waals surface area contributed by atoms with E-state index >= 15 is 0 Å². The standard InChI is InChI=1S/C3H3IN2S2/c1-6-3(7)8-2(4)5-6/h1H3. The first kappa shape index (κ1) is 6.63. The molecule has 0 saturated heterocycles. The van der Waals surface area contributed by atoms with Gasteiger partial charge in [0.15, 0.2) is 6.97 Å². The van der Waals surface area contributed by atoms with Gasteiger partial charge in [0.1, 0.15) is 0 Å². The van der Waals surface area contributed by atoms with Crippen LogP contribution >= 0.6 is 46.1 Å². The lowest BCUT2D eigenvalue weighted by molar-refractivity contribution is 0.750. The lowest BCUT2D eigenvalue weighted by Crippen LogP contribution is -1.88. The van der Waals surface area contributed by atoms with Gasteiger partial charge in [0.25, 0.3) is 0 Å². The van der Waals surface area contributed by atoms with Gasteiger partial charge >= 0.3 is 0 Å². The number of hydrogen-bond acceptors (Lipinski definition) is 3. The Morgan fingerprint density at radius 1 is 1.88 bits per heavy atom. The predicted octanol–water partition coefficient (Wildman–Crippen LogP) is 1.82. The van der Waals surface area contributed by atoms with Crippen molar-refractivity contribution in [3.8, 4) is 0 Å². The molecule has 8 heavy (non-hydrogen) atoms. The molecule has 0 aliphatic heterocycles. The van der Waals surface area contributed by atoms with Crippen molar-refractivity contribution in [2.24, 2.45) is 7.05 Å². The molecular formula is C3H3IN2S2. The third-order valence-electron chi connectivity index (χ3n) is 0.664. The maximum absolute atomic E-state index is 4.89. The van der Waals surface area contributed by atoms with Crippen LogP contribution in [0.15, 0.2) is 0 Å². The summed E-state index contributed by atoms with van der Waals surface area (Å²) in [6.07, 6.45) is 0. The second-order valence-electron chi connectivity index (χ2n) is 1.24. The molecule has 0 aliphatic carbocycles. The van der Waals surface area contributed by atoms with Gasteiger partial charge in [-0.05, 0) is 34.8 Å². The molecular weight excluding hydrogens is 255 g/mol. The fourth-order valence-electron chi connectivity index (χ4n) is 0.317. The fourth-order valence-corrected chi connectivity index (χ4v) is 2.47. The normalized spacial score (nSPS) is 9.75. The first-order chi connectivity index (χ1) is 3.70. The van der Waals surface area contributed by atoms with E-state index in [2.05, 4.69) is 27.7 Å². The minimum atomic E-state index is 0.828. The minimum absolute atomic E-state index is 0.828. The van der Waals surface area contributed by atoms with Crippen molar-refractivity contribution in [3.05, 3.63) is 6.97 Å². The summed E-state index contributed by atoms with van der Waals surface area (Å²) >= 11 is 8.56. The Morgan fingerprint density at radius 3 is 2.62 bits per heavy atom. The molecule has 5 heteroatoms. The number of hydrogen-bond donors (Lipinski definition) is 0. The van der Waals surface area contributed by atoms with Crippen molar-refractivity contribution < 1.29 is 0 Å². The van der Waals surface area contributed by atoms with Gasteiger partial charge in [0, 0.05) is 7.05 Å². The number of aromatic nitrogens is 2. The SMILES string of the molecule is Cn1nc(I)sc1=S. The van der Waals surface area contributed by atoms with Gasteiger partial charge in [0.2, 0.25) is 0 Å². The molecule has 0 atom stereocenters. The van der Waals surface area contributed by atoms with Gasteiger partial charge in [-0.15, -0.1) is 0 Å². The summed E-state index contributed by atoms with van der Waals surface area (Å²) in [7, 11) is 1.85. The highest BCUT2D eigenvalue weighted by Gasteiger charge is 1.91. The van der Waals surface area contributed by atoms with Crippen molar-refractivity contribution in [2.75, 3.05) is 0 Å². The molecule has 0 radical (unpaired) electrons. The van der Waals surface area contributed by atoms with Crippen LogP contribution in [0.25, 0.3) is 0 Å². The first-order valence-electron chi connectivity index (χ1n) is 1.90. The van der Waals surface area contributed by atoms with Crippen molar-refractivity contribution in [1.82, 2.24) is 9.78 Å². The van der Waals surface area contributed by atoms with Crippen LogP contribution in [0.4, 0.5) is 0 Å². The molecule has 0 aliphatic rings.